The van der Waals surface area contributed by atoms with E-state index in [1.807, 2.05) is 60.7 Å². The van der Waals surface area contributed by atoms with Gasteiger partial charge in [0.15, 0.2) is 5.75 Å². The van der Waals surface area contributed by atoms with Crippen molar-refractivity contribution in [1.29, 1.82) is 0 Å². The molecule has 1 heterocycles. The zero-order valence-corrected chi connectivity index (χ0v) is 23.6. The molecule has 0 saturated carbocycles. The van der Waals surface area contributed by atoms with Gasteiger partial charge < -0.3 is 18.9 Å². The Morgan fingerprint density at radius 3 is 1.65 bits per heavy atom. The lowest BCUT2D eigenvalue weighted by Gasteiger charge is -2.13. The number of benzene rings is 3. The molecular formula is C35H42NO4+. The molecule has 0 bridgehead atoms. The fraction of sp³-hybridized carbons (Fsp3) is 0.343. The topological polar surface area (TPSA) is 51.1 Å². The third-order valence-electron chi connectivity index (χ3n) is 6.62. The summed E-state index contributed by atoms with van der Waals surface area (Å²) in [6.45, 7) is 4.60. The second kappa shape index (κ2) is 17.0. The maximum Gasteiger partial charge on any atom is 0.410 e. The van der Waals surface area contributed by atoms with Crippen LogP contribution in [0.5, 0.6) is 17.4 Å². The summed E-state index contributed by atoms with van der Waals surface area (Å²) in [4.78, 5) is 3.45. The lowest BCUT2D eigenvalue weighted by molar-refractivity contribution is -0.413. The molecule has 4 rings (SSSR count). The SMILES string of the molecule is CCCCCCCCOc1[nH+]c(COCc2ccccc2)c(OCc2ccccc2)cc1OCc1ccccc1. The van der Waals surface area contributed by atoms with Gasteiger partial charge in [0.1, 0.15) is 19.8 Å². The molecule has 0 aliphatic heterocycles. The molecule has 1 aromatic heterocycles. The lowest BCUT2D eigenvalue weighted by Crippen LogP contribution is -2.20. The average molecular weight is 541 g/mol. The lowest BCUT2D eigenvalue weighted by atomic mass is 10.1. The quantitative estimate of drug-likeness (QED) is 0.120. The first-order valence-corrected chi connectivity index (χ1v) is 14.5. The standard InChI is InChI=1S/C35H41NO4/c1-2-3-4-5-6-16-23-38-35-34(40-27-31-21-14-9-15-22-31)24-33(39-26-30-19-12-8-13-20-30)32(36-35)28-37-25-29-17-10-7-11-18-29/h7-15,17-22,24H,2-6,16,23,25-28H2,1H3/p+1. The molecule has 0 saturated heterocycles. The van der Waals surface area contributed by atoms with E-state index in [9.17, 15) is 0 Å². The normalized spacial score (nSPS) is 10.8. The first-order chi connectivity index (χ1) is 19.8. The molecule has 0 aliphatic rings. The van der Waals surface area contributed by atoms with Crippen molar-refractivity contribution in [3.8, 4) is 17.4 Å². The van der Waals surface area contributed by atoms with Gasteiger partial charge >= 0.3 is 5.88 Å². The molecule has 5 nitrogen and oxygen atoms in total. The maximum absolute atomic E-state index is 6.31. The van der Waals surface area contributed by atoms with Crippen molar-refractivity contribution in [1.82, 2.24) is 0 Å². The Balaban J connectivity index is 1.51. The summed E-state index contributed by atoms with van der Waals surface area (Å²) >= 11 is 0. The monoisotopic (exact) mass is 540 g/mol. The van der Waals surface area contributed by atoms with E-state index in [-0.39, 0.29) is 0 Å². The van der Waals surface area contributed by atoms with Crippen LogP contribution >= 0.6 is 0 Å². The molecule has 5 heteroatoms. The van der Waals surface area contributed by atoms with E-state index in [2.05, 4.69) is 48.3 Å². The number of hydrogen-bond donors (Lipinski definition) is 0. The fourth-order valence-electron chi connectivity index (χ4n) is 4.35. The molecule has 1 N–H and O–H groups in total. The molecular weight excluding hydrogens is 498 g/mol. The number of aromatic nitrogens is 1. The van der Waals surface area contributed by atoms with Crippen LogP contribution in [0, 0.1) is 0 Å². The smallest absolute Gasteiger partial charge is 0.410 e. The molecule has 0 fully saturated rings. The highest BCUT2D eigenvalue weighted by molar-refractivity contribution is 5.39. The number of pyridine rings is 1. The van der Waals surface area contributed by atoms with Crippen molar-refractivity contribution >= 4 is 0 Å². The molecule has 0 amide bonds. The van der Waals surface area contributed by atoms with Crippen LogP contribution in [-0.4, -0.2) is 6.61 Å². The second-order valence-electron chi connectivity index (χ2n) is 9.95. The van der Waals surface area contributed by atoms with E-state index in [1.54, 1.807) is 0 Å². The minimum atomic E-state index is 0.353. The predicted molar refractivity (Wildman–Crippen MR) is 158 cm³/mol. The molecule has 3 aromatic carbocycles. The van der Waals surface area contributed by atoms with Crippen LogP contribution in [0.1, 0.15) is 67.8 Å². The van der Waals surface area contributed by atoms with Crippen LogP contribution in [0.4, 0.5) is 0 Å². The molecule has 4 aromatic rings. The van der Waals surface area contributed by atoms with Crippen molar-refractivity contribution in [3.05, 3.63) is 119 Å². The molecule has 210 valence electrons. The van der Waals surface area contributed by atoms with Crippen molar-refractivity contribution in [2.24, 2.45) is 0 Å². The first-order valence-electron chi connectivity index (χ1n) is 14.5. The van der Waals surface area contributed by atoms with Crippen LogP contribution in [-0.2, 0) is 31.2 Å². The van der Waals surface area contributed by atoms with Gasteiger partial charge in [0, 0.05) is 6.07 Å². The Bertz CT molecular complexity index is 1230. The average Bonchev–Trinajstić information content (AvgIpc) is 3.01. The van der Waals surface area contributed by atoms with Gasteiger partial charge in [-0.15, -0.1) is 0 Å². The minimum absolute atomic E-state index is 0.353. The van der Waals surface area contributed by atoms with Gasteiger partial charge in [-0.25, -0.2) is 0 Å². The largest absolute Gasteiger partial charge is 0.482 e. The number of H-pyrrole nitrogens is 1. The number of hydrogen-bond acceptors (Lipinski definition) is 4. The fourth-order valence-corrected chi connectivity index (χ4v) is 4.35. The van der Waals surface area contributed by atoms with E-state index in [1.165, 1.54) is 25.7 Å². The Morgan fingerprint density at radius 2 is 1.05 bits per heavy atom. The molecule has 40 heavy (non-hydrogen) atoms. The minimum Gasteiger partial charge on any atom is -0.482 e. The number of aromatic amines is 1. The van der Waals surface area contributed by atoms with E-state index >= 15 is 0 Å². The van der Waals surface area contributed by atoms with Gasteiger partial charge in [-0.3, -0.25) is 0 Å². The molecule has 0 spiro atoms. The summed E-state index contributed by atoms with van der Waals surface area (Å²) in [5, 5.41) is 0. The summed E-state index contributed by atoms with van der Waals surface area (Å²) in [6, 6.07) is 32.4. The molecule has 0 radical (unpaired) electrons. The van der Waals surface area contributed by atoms with Crippen molar-refractivity contribution < 1.29 is 23.9 Å². The van der Waals surface area contributed by atoms with Gasteiger partial charge in [0.2, 0.25) is 5.75 Å². The summed E-state index contributed by atoms with van der Waals surface area (Å²) < 4.78 is 24.9. The number of nitrogens with one attached hydrogen (secondary N) is 1. The van der Waals surface area contributed by atoms with Crippen LogP contribution in [0.15, 0.2) is 97.1 Å². The van der Waals surface area contributed by atoms with Crippen LogP contribution in [0.25, 0.3) is 0 Å². The van der Waals surface area contributed by atoms with Crippen molar-refractivity contribution in [2.45, 2.75) is 71.9 Å². The molecule has 0 aliphatic carbocycles. The van der Waals surface area contributed by atoms with Gasteiger partial charge in [0.25, 0.3) is 5.69 Å². The second-order valence-corrected chi connectivity index (χ2v) is 9.95. The Labute approximate surface area is 239 Å². The Morgan fingerprint density at radius 1 is 0.525 bits per heavy atom. The van der Waals surface area contributed by atoms with E-state index < -0.39 is 0 Å². The van der Waals surface area contributed by atoms with Gasteiger partial charge in [-0.1, -0.05) is 130 Å². The first kappa shape index (κ1) is 29.2. The summed E-state index contributed by atoms with van der Waals surface area (Å²) in [5.41, 5.74) is 4.12. The number of unbranched alkanes of at least 4 members (excludes halogenated alkanes) is 5. The number of ether oxygens (including phenoxy) is 4. The van der Waals surface area contributed by atoms with E-state index in [4.69, 9.17) is 18.9 Å². The highest BCUT2D eigenvalue weighted by Crippen LogP contribution is 2.31. The highest BCUT2D eigenvalue weighted by atomic mass is 16.5. The van der Waals surface area contributed by atoms with Gasteiger partial charge in [-0.05, 0) is 23.1 Å². The van der Waals surface area contributed by atoms with Crippen LogP contribution < -0.4 is 19.2 Å². The third kappa shape index (κ3) is 10.0. The predicted octanol–water partition coefficient (Wildman–Crippen LogP) is 8.11. The zero-order chi connectivity index (χ0) is 27.7. The van der Waals surface area contributed by atoms with Crippen LogP contribution in [0.2, 0.25) is 0 Å². The maximum atomic E-state index is 6.31. The zero-order valence-electron chi connectivity index (χ0n) is 23.6. The summed E-state index contributed by atoms with van der Waals surface area (Å²) in [6.07, 6.45) is 7.23. The number of rotatable bonds is 18. The summed E-state index contributed by atoms with van der Waals surface area (Å²) in [5.74, 6) is 1.92. The van der Waals surface area contributed by atoms with E-state index in [0.29, 0.717) is 50.4 Å². The van der Waals surface area contributed by atoms with Crippen molar-refractivity contribution in [3.63, 3.8) is 0 Å². The highest BCUT2D eigenvalue weighted by Gasteiger charge is 2.23. The van der Waals surface area contributed by atoms with Gasteiger partial charge in [-0.2, -0.15) is 4.98 Å². The Hall–Kier alpha value is -3.83. The van der Waals surface area contributed by atoms with Crippen molar-refractivity contribution in [2.75, 3.05) is 6.61 Å². The van der Waals surface area contributed by atoms with Crippen LogP contribution in [0.3, 0.4) is 0 Å². The van der Waals surface area contributed by atoms with E-state index in [0.717, 1.165) is 35.2 Å². The third-order valence-corrected chi connectivity index (χ3v) is 6.62. The molecule has 0 atom stereocenters. The van der Waals surface area contributed by atoms with Gasteiger partial charge in [0.05, 0.1) is 13.2 Å². The molecule has 0 unspecified atom stereocenters. The Kier molecular flexibility index (Phi) is 12.4. The summed E-state index contributed by atoms with van der Waals surface area (Å²) in [7, 11) is 0.